The predicted octanol–water partition coefficient (Wildman–Crippen LogP) is 2.69. The van der Waals surface area contributed by atoms with Crippen molar-refractivity contribution in [3.8, 4) is 5.75 Å². The molecule has 0 aromatic heterocycles. The van der Waals surface area contributed by atoms with Crippen molar-refractivity contribution in [1.82, 2.24) is 0 Å². The van der Waals surface area contributed by atoms with Crippen LogP contribution < -0.4 is 4.74 Å². The van der Waals surface area contributed by atoms with Crippen LogP contribution in [-0.4, -0.2) is 36.7 Å². The largest absolute Gasteiger partial charge is 0.451 e. The molecule has 0 saturated carbocycles. The molecule has 2 aromatic carbocycles. The minimum atomic E-state index is -2.43. The minimum Gasteiger partial charge on any atom is -0.451 e. The number of rotatable bonds is 5. The average Bonchev–Trinajstić information content (AvgIpc) is 2.70. The topological polar surface area (TPSA) is 82.1 Å². The number of methoxy groups -OCH3 is 2. The van der Waals surface area contributed by atoms with Crippen LogP contribution in [0, 0.1) is 0 Å². The molecular weight excluding hydrogens is 336 g/mol. The molecule has 6 heteroatoms. The molecule has 26 heavy (non-hydrogen) atoms. The van der Waals surface area contributed by atoms with Crippen molar-refractivity contribution in [2.24, 2.45) is 0 Å². The first-order chi connectivity index (χ1) is 12.4. The van der Waals surface area contributed by atoms with Crippen LogP contribution >= 0.6 is 0 Å². The van der Waals surface area contributed by atoms with E-state index >= 15 is 0 Å². The molecule has 136 valence electrons. The lowest BCUT2D eigenvalue weighted by molar-refractivity contribution is -0.346. The van der Waals surface area contributed by atoms with E-state index in [1.54, 1.807) is 43.3 Å². The molecule has 2 aromatic rings. The lowest BCUT2D eigenvalue weighted by Crippen LogP contribution is -2.64. The smallest absolute Gasteiger partial charge is 0.304 e. The normalized spacial score (nSPS) is 24.7. The first kappa shape index (κ1) is 18.3. The van der Waals surface area contributed by atoms with Crippen LogP contribution in [0.25, 0.3) is 0 Å². The van der Waals surface area contributed by atoms with Crippen molar-refractivity contribution in [3.63, 3.8) is 0 Å². The number of aliphatic hydroxyl groups is 1. The summed E-state index contributed by atoms with van der Waals surface area (Å²) in [5.41, 5.74) is 0.850. The SMILES string of the molecule is CCC(=O)c1ccc2c(c1)C(=O)C(O)(OC)C(OC)(c1ccccc1)O2. The van der Waals surface area contributed by atoms with Gasteiger partial charge in [-0.15, -0.1) is 0 Å². The fraction of sp³-hybridized carbons (Fsp3) is 0.300. The molecule has 1 N–H and O–H groups in total. The summed E-state index contributed by atoms with van der Waals surface area (Å²) in [5.74, 6) is -4.96. The van der Waals surface area contributed by atoms with Crippen molar-refractivity contribution >= 4 is 11.6 Å². The fourth-order valence-corrected chi connectivity index (χ4v) is 3.17. The Kier molecular flexibility index (Phi) is 4.66. The zero-order valence-corrected chi connectivity index (χ0v) is 14.8. The maximum Gasteiger partial charge on any atom is 0.304 e. The van der Waals surface area contributed by atoms with E-state index in [9.17, 15) is 14.7 Å². The second-order valence-electron chi connectivity index (χ2n) is 5.95. The van der Waals surface area contributed by atoms with E-state index in [4.69, 9.17) is 14.2 Å². The summed E-state index contributed by atoms with van der Waals surface area (Å²) in [5, 5.41) is 11.1. The molecule has 2 atom stereocenters. The molecule has 0 saturated heterocycles. The van der Waals surface area contributed by atoms with Gasteiger partial charge < -0.3 is 19.3 Å². The molecule has 6 nitrogen and oxygen atoms in total. The number of carbonyl (C=O) groups is 2. The Hall–Kier alpha value is -2.54. The number of Topliss-reactive ketones (excluding diaryl/α,β-unsaturated/α-hetero) is 2. The lowest BCUT2D eigenvalue weighted by Gasteiger charge is -2.46. The Morgan fingerprint density at radius 1 is 1.12 bits per heavy atom. The standard InChI is InChI=1S/C20H20O6/c1-4-16(21)13-10-11-17-15(12-13)18(22)19(23,24-2)20(25-3,26-17)14-8-6-5-7-9-14/h5-12,23H,4H2,1-3H3. The van der Waals surface area contributed by atoms with E-state index in [1.165, 1.54) is 26.4 Å². The number of carbonyl (C=O) groups excluding carboxylic acids is 2. The van der Waals surface area contributed by atoms with Gasteiger partial charge in [0.25, 0.3) is 5.79 Å². The maximum atomic E-state index is 13.1. The quantitative estimate of drug-likeness (QED) is 0.655. The van der Waals surface area contributed by atoms with Crippen LogP contribution in [0.4, 0.5) is 0 Å². The third kappa shape index (κ3) is 2.46. The number of ketones is 2. The third-order valence-corrected chi connectivity index (χ3v) is 4.61. The molecule has 0 aliphatic carbocycles. The van der Waals surface area contributed by atoms with Crippen molar-refractivity contribution in [2.75, 3.05) is 14.2 Å². The highest BCUT2D eigenvalue weighted by Crippen LogP contribution is 2.46. The van der Waals surface area contributed by atoms with E-state index < -0.39 is 17.4 Å². The number of fused-ring (bicyclic) bond motifs is 1. The van der Waals surface area contributed by atoms with Gasteiger partial charge in [0.15, 0.2) is 5.78 Å². The van der Waals surface area contributed by atoms with Gasteiger partial charge in [0.1, 0.15) is 5.75 Å². The van der Waals surface area contributed by atoms with Crippen molar-refractivity contribution in [2.45, 2.75) is 24.9 Å². The second kappa shape index (κ2) is 6.64. The maximum absolute atomic E-state index is 13.1. The van der Waals surface area contributed by atoms with Gasteiger partial charge in [-0.25, -0.2) is 0 Å². The highest BCUT2D eigenvalue weighted by molar-refractivity contribution is 6.07. The number of hydrogen-bond donors (Lipinski definition) is 1. The van der Waals surface area contributed by atoms with Crippen LogP contribution in [0.5, 0.6) is 5.75 Å². The highest BCUT2D eigenvalue weighted by atomic mass is 16.8. The van der Waals surface area contributed by atoms with Gasteiger partial charge in [0.05, 0.1) is 5.56 Å². The molecule has 0 spiro atoms. The van der Waals surface area contributed by atoms with E-state index in [1.807, 2.05) is 0 Å². The zero-order chi connectivity index (χ0) is 18.9. The first-order valence-electron chi connectivity index (χ1n) is 8.22. The summed E-state index contributed by atoms with van der Waals surface area (Å²) in [6.07, 6.45) is 0.300. The Balaban J connectivity index is 2.22. The van der Waals surface area contributed by atoms with Crippen LogP contribution in [0.3, 0.4) is 0 Å². The second-order valence-corrected chi connectivity index (χ2v) is 5.95. The van der Waals surface area contributed by atoms with Gasteiger partial charge in [-0.05, 0) is 18.2 Å². The number of ether oxygens (including phenoxy) is 3. The Morgan fingerprint density at radius 2 is 1.81 bits per heavy atom. The van der Waals surface area contributed by atoms with Crippen LogP contribution in [0.2, 0.25) is 0 Å². The Labute approximate surface area is 151 Å². The molecule has 0 bridgehead atoms. The van der Waals surface area contributed by atoms with Crippen molar-refractivity contribution in [1.29, 1.82) is 0 Å². The summed E-state index contributed by atoms with van der Waals surface area (Å²) in [6.45, 7) is 1.73. The van der Waals surface area contributed by atoms with Crippen LogP contribution in [0.1, 0.15) is 39.6 Å². The molecule has 1 aliphatic heterocycles. The minimum absolute atomic E-state index is 0.0669. The summed E-state index contributed by atoms with van der Waals surface area (Å²) in [4.78, 5) is 25.1. The fourth-order valence-electron chi connectivity index (χ4n) is 3.17. The highest BCUT2D eigenvalue weighted by Gasteiger charge is 2.64. The molecule has 1 aliphatic rings. The summed E-state index contributed by atoms with van der Waals surface area (Å²) >= 11 is 0. The molecule has 0 radical (unpaired) electrons. The number of benzene rings is 2. The van der Waals surface area contributed by atoms with Gasteiger partial charge in [-0.2, -0.15) is 0 Å². The van der Waals surface area contributed by atoms with Gasteiger partial charge in [-0.3, -0.25) is 9.59 Å². The molecule has 0 amide bonds. The molecule has 1 heterocycles. The van der Waals surface area contributed by atoms with Gasteiger partial charge in [0, 0.05) is 31.8 Å². The molecular formula is C20H20O6. The monoisotopic (exact) mass is 356 g/mol. The number of hydrogen-bond acceptors (Lipinski definition) is 6. The predicted molar refractivity (Wildman–Crippen MR) is 93.1 cm³/mol. The molecule has 3 rings (SSSR count). The lowest BCUT2D eigenvalue weighted by atomic mass is 9.86. The van der Waals surface area contributed by atoms with Crippen LogP contribution in [0.15, 0.2) is 48.5 Å². The van der Waals surface area contributed by atoms with E-state index in [0.717, 1.165) is 0 Å². The summed E-state index contributed by atoms with van der Waals surface area (Å²) in [7, 11) is 2.52. The summed E-state index contributed by atoms with van der Waals surface area (Å²) in [6, 6.07) is 13.1. The van der Waals surface area contributed by atoms with E-state index in [2.05, 4.69) is 0 Å². The van der Waals surface area contributed by atoms with Crippen molar-refractivity contribution in [3.05, 3.63) is 65.2 Å². The average molecular weight is 356 g/mol. The van der Waals surface area contributed by atoms with Crippen LogP contribution in [-0.2, 0) is 15.3 Å². The van der Waals surface area contributed by atoms with Crippen molar-refractivity contribution < 1.29 is 28.9 Å². The molecule has 2 unspecified atom stereocenters. The van der Waals surface area contributed by atoms with E-state index in [0.29, 0.717) is 17.5 Å². The summed E-state index contributed by atoms with van der Waals surface area (Å²) < 4.78 is 16.7. The Morgan fingerprint density at radius 3 is 2.38 bits per heavy atom. The van der Waals surface area contributed by atoms with Gasteiger partial charge in [0.2, 0.25) is 5.78 Å². The zero-order valence-electron chi connectivity index (χ0n) is 14.8. The van der Waals surface area contributed by atoms with Gasteiger partial charge in [-0.1, -0.05) is 37.3 Å². The first-order valence-corrected chi connectivity index (χ1v) is 8.22. The Bertz CT molecular complexity index is 847. The molecule has 0 fully saturated rings. The van der Waals surface area contributed by atoms with E-state index in [-0.39, 0.29) is 17.1 Å². The third-order valence-electron chi connectivity index (χ3n) is 4.61. The van der Waals surface area contributed by atoms with Gasteiger partial charge >= 0.3 is 5.79 Å².